The first-order valence-electron chi connectivity index (χ1n) is 8.89. The van der Waals surface area contributed by atoms with Gasteiger partial charge in [0.05, 0.1) is 6.42 Å². The summed E-state index contributed by atoms with van der Waals surface area (Å²) in [7, 11) is 2.00. The predicted molar refractivity (Wildman–Crippen MR) is 97.5 cm³/mol. The van der Waals surface area contributed by atoms with Crippen LogP contribution in [-0.4, -0.2) is 26.3 Å². The number of carbonyl (C=O) groups is 2. The molecule has 134 valence electrons. The van der Waals surface area contributed by atoms with E-state index in [4.69, 9.17) is 0 Å². The Morgan fingerprint density at radius 3 is 2.12 bits per heavy atom. The van der Waals surface area contributed by atoms with Crippen molar-refractivity contribution in [2.45, 2.75) is 58.8 Å². The van der Waals surface area contributed by atoms with E-state index in [-0.39, 0.29) is 18.0 Å². The van der Waals surface area contributed by atoms with E-state index in [9.17, 15) is 9.59 Å². The highest BCUT2D eigenvalue weighted by Crippen LogP contribution is 2.12. The Kier molecular flexibility index (Phi) is 7.04. The van der Waals surface area contributed by atoms with Gasteiger partial charge in [0, 0.05) is 19.9 Å². The highest BCUT2D eigenvalue weighted by Gasteiger charge is 2.06. The fraction of sp³-hybridized carbons (Fsp3) is 0.500. The number of rotatable bonds is 10. The Hall–Kier alpha value is -2.30. The van der Waals surface area contributed by atoms with E-state index in [0.717, 1.165) is 42.9 Å². The zero-order valence-electron chi connectivity index (χ0n) is 15.4. The number of carbonyl (C=O) groups excluding carboxylic acids is 2. The summed E-state index contributed by atoms with van der Waals surface area (Å²) in [6, 6.07) is 8.44. The standard InChI is InChI=1S/C20H27N3O2/c1-15(24)14-19(25)13-12-18-10-8-17(9-11-18)6-4-5-7-20-22-21-16(2)23(20)3/h8-11H,4-7,12-14H2,1-3H3. The van der Waals surface area contributed by atoms with Crippen molar-refractivity contribution in [1.29, 1.82) is 0 Å². The van der Waals surface area contributed by atoms with Gasteiger partial charge in [-0.2, -0.15) is 0 Å². The van der Waals surface area contributed by atoms with E-state index >= 15 is 0 Å². The lowest BCUT2D eigenvalue weighted by Gasteiger charge is -2.05. The number of ketones is 2. The molecule has 2 aromatic rings. The third-order valence-electron chi connectivity index (χ3n) is 4.46. The molecule has 0 radical (unpaired) electrons. The van der Waals surface area contributed by atoms with Crippen molar-refractivity contribution in [3.05, 3.63) is 47.0 Å². The Morgan fingerprint density at radius 1 is 0.960 bits per heavy atom. The van der Waals surface area contributed by atoms with Gasteiger partial charge in [0.25, 0.3) is 0 Å². The van der Waals surface area contributed by atoms with Gasteiger partial charge in [-0.05, 0) is 50.7 Å². The molecule has 1 aromatic heterocycles. The fourth-order valence-electron chi connectivity index (χ4n) is 2.80. The number of hydrogen-bond acceptors (Lipinski definition) is 4. The summed E-state index contributed by atoms with van der Waals surface area (Å²) >= 11 is 0. The van der Waals surface area contributed by atoms with E-state index in [1.807, 2.05) is 18.5 Å². The van der Waals surface area contributed by atoms with Gasteiger partial charge in [0.2, 0.25) is 0 Å². The van der Waals surface area contributed by atoms with Crippen LogP contribution >= 0.6 is 0 Å². The molecule has 25 heavy (non-hydrogen) atoms. The zero-order chi connectivity index (χ0) is 18.2. The minimum absolute atomic E-state index is 0.0237. The van der Waals surface area contributed by atoms with Crippen molar-refractivity contribution in [3.8, 4) is 0 Å². The van der Waals surface area contributed by atoms with Crippen molar-refractivity contribution >= 4 is 11.6 Å². The molecule has 0 saturated carbocycles. The number of unbranched alkanes of at least 4 members (excludes halogenated alkanes) is 1. The Balaban J connectivity index is 1.70. The number of hydrogen-bond donors (Lipinski definition) is 0. The largest absolute Gasteiger partial charge is 0.318 e. The lowest BCUT2D eigenvalue weighted by Crippen LogP contribution is -2.05. The average molecular weight is 341 g/mol. The third-order valence-corrected chi connectivity index (χ3v) is 4.46. The molecule has 0 fully saturated rings. The summed E-state index contributed by atoms with van der Waals surface area (Å²) in [5, 5.41) is 8.27. The first-order valence-corrected chi connectivity index (χ1v) is 8.89. The zero-order valence-corrected chi connectivity index (χ0v) is 15.4. The van der Waals surface area contributed by atoms with Crippen molar-refractivity contribution in [3.63, 3.8) is 0 Å². The third kappa shape index (κ3) is 6.25. The molecule has 1 heterocycles. The lowest BCUT2D eigenvalue weighted by molar-refractivity contribution is -0.125. The lowest BCUT2D eigenvalue weighted by atomic mass is 10.0. The number of aromatic nitrogens is 3. The summed E-state index contributed by atoms with van der Waals surface area (Å²) in [4.78, 5) is 22.5. The van der Waals surface area contributed by atoms with Gasteiger partial charge in [0.1, 0.15) is 23.2 Å². The smallest absolute Gasteiger partial charge is 0.140 e. The highest BCUT2D eigenvalue weighted by molar-refractivity contribution is 5.97. The number of benzene rings is 1. The monoisotopic (exact) mass is 341 g/mol. The molecule has 0 amide bonds. The minimum atomic E-state index is -0.0585. The van der Waals surface area contributed by atoms with E-state index < -0.39 is 0 Å². The Morgan fingerprint density at radius 2 is 1.56 bits per heavy atom. The maximum atomic E-state index is 11.6. The van der Waals surface area contributed by atoms with Crippen LogP contribution in [0.1, 0.15) is 55.4 Å². The quantitative estimate of drug-likeness (QED) is 0.492. The van der Waals surface area contributed by atoms with E-state index in [1.54, 1.807) is 0 Å². The molecule has 0 N–H and O–H groups in total. The topological polar surface area (TPSA) is 64.8 Å². The van der Waals surface area contributed by atoms with Crippen LogP contribution in [0.25, 0.3) is 0 Å². The van der Waals surface area contributed by atoms with Crippen LogP contribution in [0.3, 0.4) is 0 Å². The molecule has 0 aliphatic rings. The molecular weight excluding hydrogens is 314 g/mol. The van der Waals surface area contributed by atoms with Gasteiger partial charge in [-0.25, -0.2) is 0 Å². The molecule has 5 nitrogen and oxygen atoms in total. The first-order chi connectivity index (χ1) is 12.0. The predicted octanol–water partition coefficient (Wildman–Crippen LogP) is 3.17. The molecule has 0 aliphatic carbocycles. The van der Waals surface area contributed by atoms with Crippen LogP contribution in [0.5, 0.6) is 0 Å². The summed E-state index contributed by atoms with van der Waals surface area (Å²) in [6.45, 7) is 3.42. The molecule has 0 unspecified atom stereocenters. The van der Waals surface area contributed by atoms with Gasteiger partial charge in [0.15, 0.2) is 0 Å². The summed E-state index contributed by atoms with van der Waals surface area (Å²) in [6.07, 6.45) is 5.40. The molecule has 0 atom stereocenters. The second kappa shape index (κ2) is 9.25. The van der Waals surface area contributed by atoms with Gasteiger partial charge < -0.3 is 4.57 Å². The van der Waals surface area contributed by atoms with E-state index in [0.29, 0.717) is 12.8 Å². The molecule has 0 bridgehead atoms. The van der Waals surface area contributed by atoms with Gasteiger partial charge in [-0.1, -0.05) is 24.3 Å². The van der Waals surface area contributed by atoms with Crippen LogP contribution in [0.2, 0.25) is 0 Å². The second-order valence-electron chi connectivity index (χ2n) is 6.66. The SMILES string of the molecule is CC(=O)CC(=O)CCc1ccc(CCCCc2nnc(C)n2C)cc1. The molecular formula is C20H27N3O2. The second-order valence-corrected chi connectivity index (χ2v) is 6.66. The van der Waals surface area contributed by atoms with Crippen molar-refractivity contribution < 1.29 is 9.59 Å². The normalized spacial score (nSPS) is 10.8. The summed E-state index contributed by atoms with van der Waals surface area (Å²) in [5.74, 6) is 1.96. The van der Waals surface area contributed by atoms with Crippen molar-refractivity contribution in [2.24, 2.45) is 7.05 Å². The van der Waals surface area contributed by atoms with Gasteiger partial charge in [-0.15, -0.1) is 10.2 Å². The summed E-state index contributed by atoms with van der Waals surface area (Å²) in [5.41, 5.74) is 2.46. The van der Waals surface area contributed by atoms with Gasteiger partial charge >= 0.3 is 0 Å². The van der Waals surface area contributed by atoms with Crippen LogP contribution in [0, 0.1) is 6.92 Å². The maximum absolute atomic E-state index is 11.6. The Bertz CT molecular complexity index is 717. The van der Waals surface area contributed by atoms with E-state index in [2.05, 4.69) is 34.5 Å². The van der Waals surface area contributed by atoms with Gasteiger partial charge in [-0.3, -0.25) is 9.59 Å². The molecule has 5 heteroatoms. The van der Waals surface area contributed by atoms with Crippen LogP contribution in [0.4, 0.5) is 0 Å². The fourth-order valence-corrected chi connectivity index (χ4v) is 2.80. The molecule has 2 rings (SSSR count). The van der Waals surface area contributed by atoms with Crippen molar-refractivity contribution in [1.82, 2.24) is 14.8 Å². The van der Waals surface area contributed by atoms with Crippen LogP contribution in [-0.2, 0) is 35.9 Å². The highest BCUT2D eigenvalue weighted by atomic mass is 16.1. The van der Waals surface area contributed by atoms with Crippen LogP contribution in [0.15, 0.2) is 24.3 Å². The maximum Gasteiger partial charge on any atom is 0.140 e. The summed E-state index contributed by atoms with van der Waals surface area (Å²) < 4.78 is 2.04. The Labute approximate surface area is 149 Å². The van der Waals surface area contributed by atoms with Crippen molar-refractivity contribution in [2.75, 3.05) is 0 Å². The average Bonchev–Trinajstić information content (AvgIpc) is 2.89. The number of nitrogens with zero attached hydrogens (tertiary/aromatic N) is 3. The molecule has 0 aliphatic heterocycles. The number of aryl methyl sites for hydroxylation is 4. The first kappa shape index (κ1) is 19.0. The van der Waals surface area contributed by atoms with Crippen LogP contribution < -0.4 is 0 Å². The minimum Gasteiger partial charge on any atom is -0.318 e. The molecule has 1 aromatic carbocycles. The van der Waals surface area contributed by atoms with E-state index in [1.165, 1.54) is 12.5 Å². The number of Topliss-reactive ketones (excluding diaryl/α,β-unsaturated/α-hetero) is 2. The molecule has 0 spiro atoms. The molecule has 0 saturated heterocycles.